The van der Waals surface area contributed by atoms with Crippen molar-refractivity contribution in [2.75, 3.05) is 0 Å². The lowest BCUT2D eigenvalue weighted by atomic mass is 9.90. The Morgan fingerprint density at radius 2 is 2.38 bits per heavy atom. The van der Waals surface area contributed by atoms with Gasteiger partial charge in [0, 0.05) is 4.88 Å². The zero-order chi connectivity index (χ0) is 9.68. The summed E-state index contributed by atoms with van der Waals surface area (Å²) in [5.41, 5.74) is 0. The fourth-order valence-corrected chi connectivity index (χ4v) is 2.46. The van der Waals surface area contributed by atoms with Crippen LogP contribution in [-0.4, -0.2) is 0 Å². The van der Waals surface area contributed by atoms with Crippen molar-refractivity contribution < 1.29 is 0 Å². The van der Waals surface area contributed by atoms with Gasteiger partial charge in [0.05, 0.1) is 12.0 Å². The first-order valence-corrected chi connectivity index (χ1v) is 5.60. The molecule has 1 aromatic heterocycles. The lowest BCUT2D eigenvalue weighted by molar-refractivity contribution is 0.488. The maximum absolute atomic E-state index is 9.05. The second-order valence-corrected chi connectivity index (χ2v) is 4.37. The summed E-state index contributed by atoms with van der Waals surface area (Å²) in [5, 5.41) is 11.1. The highest BCUT2D eigenvalue weighted by atomic mass is 32.1. The number of rotatable bonds is 4. The zero-order valence-corrected chi connectivity index (χ0v) is 8.97. The van der Waals surface area contributed by atoms with Gasteiger partial charge in [0.1, 0.15) is 0 Å². The highest BCUT2D eigenvalue weighted by Gasteiger charge is 2.18. The van der Waals surface area contributed by atoms with Gasteiger partial charge < -0.3 is 0 Å². The first-order chi connectivity index (χ1) is 6.29. The molecule has 1 nitrogen and oxygen atoms in total. The van der Waals surface area contributed by atoms with Crippen LogP contribution in [0.1, 0.15) is 37.5 Å². The Balaban J connectivity index is 2.69. The van der Waals surface area contributed by atoms with Crippen LogP contribution in [-0.2, 0) is 0 Å². The average molecular weight is 193 g/mol. The van der Waals surface area contributed by atoms with Gasteiger partial charge in [-0.25, -0.2) is 0 Å². The van der Waals surface area contributed by atoms with E-state index in [0.29, 0.717) is 5.92 Å². The molecule has 0 fully saturated rings. The van der Waals surface area contributed by atoms with Crippen molar-refractivity contribution in [2.45, 2.75) is 32.6 Å². The second kappa shape index (κ2) is 5.04. The molecule has 2 unspecified atom stereocenters. The van der Waals surface area contributed by atoms with Gasteiger partial charge >= 0.3 is 0 Å². The highest BCUT2D eigenvalue weighted by molar-refractivity contribution is 7.10. The van der Waals surface area contributed by atoms with Gasteiger partial charge in [-0.1, -0.05) is 26.3 Å². The molecular formula is C11H15NS. The Bertz CT molecular complexity index is 271. The summed E-state index contributed by atoms with van der Waals surface area (Å²) in [4.78, 5) is 1.21. The Hall–Kier alpha value is -0.810. The lowest BCUT2D eigenvalue weighted by Gasteiger charge is -2.14. The topological polar surface area (TPSA) is 23.8 Å². The molecule has 0 bridgehead atoms. The minimum atomic E-state index is 0.0972. The summed E-state index contributed by atoms with van der Waals surface area (Å²) in [6, 6.07) is 6.48. The molecular weight excluding hydrogens is 178 g/mol. The summed E-state index contributed by atoms with van der Waals surface area (Å²) in [6.07, 6.45) is 2.29. The van der Waals surface area contributed by atoms with Crippen LogP contribution in [0.15, 0.2) is 17.5 Å². The van der Waals surface area contributed by atoms with Gasteiger partial charge in [-0.15, -0.1) is 11.3 Å². The van der Waals surface area contributed by atoms with Gasteiger partial charge in [-0.2, -0.15) is 5.26 Å². The molecule has 70 valence electrons. The summed E-state index contributed by atoms with van der Waals surface area (Å²) >= 11 is 1.69. The van der Waals surface area contributed by atoms with Gasteiger partial charge in [0.15, 0.2) is 0 Å². The van der Waals surface area contributed by atoms with Crippen molar-refractivity contribution in [3.05, 3.63) is 22.4 Å². The van der Waals surface area contributed by atoms with E-state index in [2.05, 4.69) is 26.0 Å². The van der Waals surface area contributed by atoms with Crippen molar-refractivity contribution in [1.29, 1.82) is 5.26 Å². The number of thiophene rings is 1. The fraction of sp³-hybridized carbons (Fsp3) is 0.545. The molecule has 13 heavy (non-hydrogen) atoms. The van der Waals surface area contributed by atoms with E-state index in [1.807, 2.05) is 11.4 Å². The lowest BCUT2D eigenvalue weighted by Crippen LogP contribution is -2.05. The number of nitriles is 1. The summed E-state index contributed by atoms with van der Waals surface area (Å²) < 4.78 is 0. The van der Waals surface area contributed by atoms with Crippen LogP contribution in [0, 0.1) is 17.2 Å². The largest absolute Gasteiger partial charge is 0.198 e. The van der Waals surface area contributed by atoms with Gasteiger partial charge in [-0.3, -0.25) is 0 Å². The van der Waals surface area contributed by atoms with E-state index >= 15 is 0 Å². The predicted octanol–water partition coefficient (Wildman–Crippen LogP) is 3.79. The monoisotopic (exact) mass is 193 g/mol. The molecule has 2 atom stereocenters. The SMILES string of the molecule is CCCC(C)C(C#N)c1cccs1. The van der Waals surface area contributed by atoms with Gasteiger partial charge in [0.25, 0.3) is 0 Å². The molecule has 1 aromatic rings. The summed E-state index contributed by atoms with van der Waals surface area (Å²) in [7, 11) is 0. The molecule has 0 spiro atoms. The van der Waals surface area contributed by atoms with Crippen LogP contribution in [0.2, 0.25) is 0 Å². The first-order valence-electron chi connectivity index (χ1n) is 4.72. The van der Waals surface area contributed by atoms with E-state index in [1.54, 1.807) is 11.3 Å². The third-order valence-corrected chi connectivity index (χ3v) is 3.26. The number of nitrogens with zero attached hydrogens (tertiary/aromatic N) is 1. The molecule has 0 aliphatic rings. The maximum Gasteiger partial charge on any atom is 0.0831 e. The summed E-state index contributed by atoms with van der Waals surface area (Å²) in [6.45, 7) is 4.33. The van der Waals surface area contributed by atoms with Crippen molar-refractivity contribution in [1.82, 2.24) is 0 Å². The quantitative estimate of drug-likeness (QED) is 0.713. The Kier molecular flexibility index (Phi) is 3.98. The molecule has 2 heteroatoms. The minimum Gasteiger partial charge on any atom is -0.198 e. The molecule has 0 saturated carbocycles. The van der Waals surface area contributed by atoms with E-state index in [9.17, 15) is 0 Å². The molecule has 0 N–H and O–H groups in total. The summed E-state index contributed by atoms with van der Waals surface area (Å²) in [5.74, 6) is 0.577. The number of hydrogen-bond donors (Lipinski definition) is 0. The molecule has 0 amide bonds. The zero-order valence-electron chi connectivity index (χ0n) is 8.16. The van der Waals surface area contributed by atoms with Crippen molar-refractivity contribution in [3.8, 4) is 6.07 Å². The molecule has 0 aliphatic heterocycles. The predicted molar refractivity (Wildman–Crippen MR) is 56.7 cm³/mol. The van der Waals surface area contributed by atoms with E-state index < -0.39 is 0 Å². The average Bonchev–Trinajstić information content (AvgIpc) is 2.59. The van der Waals surface area contributed by atoms with Crippen LogP contribution in [0.5, 0.6) is 0 Å². The van der Waals surface area contributed by atoms with Crippen LogP contribution < -0.4 is 0 Å². The molecule has 0 aliphatic carbocycles. The van der Waals surface area contributed by atoms with Crippen molar-refractivity contribution in [3.63, 3.8) is 0 Å². The van der Waals surface area contributed by atoms with E-state index in [1.165, 1.54) is 4.88 Å². The fourth-order valence-electron chi connectivity index (χ4n) is 1.56. The van der Waals surface area contributed by atoms with Crippen LogP contribution in [0.4, 0.5) is 0 Å². The molecule has 0 radical (unpaired) electrons. The van der Waals surface area contributed by atoms with Gasteiger partial charge in [-0.05, 0) is 23.8 Å². The second-order valence-electron chi connectivity index (χ2n) is 3.39. The maximum atomic E-state index is 9.05. The van der Waals surface area contributed by atoms with Crippen LogP contribution in [0.25, 0.3) is 0 Å². The Labute approximate surface area is 84.0 Å². The van der Waals surface area contributed by atoms with Gasteiger partial charge in [0.2, 0.25) is 0 Å². The number of hydrogen-bond acceptors (Lipinski definition) is 2. The smallest absolute Gasteiger partial charge is 0.0831 e. The standard InChI is InChI=1S/C11H15NS/c1-3-5-9(2)10(8-12)11-6-4-7-13-11/h4,6-7,9-10H,3,5H2,1-2H3. The van der Waals surface area contributed by atoms with E-state index in [-0.39, 0.29) is 5.92 Å². The minimum absolute atomic E-state index is 0.0972. The Morgan fingerprint density at radius 3 is 2.85 bits per heavy atom. The molecule has 0 saturated heterocycles. The molecule has 0 aromatic carbocycles. The normalized spacial score (nSPS) is 14.8. The third-order valence-electron chi connectivity index (χ3n) is 2.30. The molecule has 1 heterocycles. The highest BCUT2D eigenvalue weighted by Crippen LogP contribution is 2.30. The third kappa shape index (κ3) is 2.57. The van der Waals surface area contributed by atoms with Crippen molar-refractivity contribution in [2.24, 2.45) is 5.92 Å². The van der Waals surface area contributed by atoms with Crippen molar-refractivity contribution >= 4 is 11.3 Å². The first kappa shape index (κ1) is 10.3. The van der Waals surface area contributed by atoms with Crippen LogP contribution >= 0.6 is 11.3 Å². The van der Waals surface area contributed by atoms with E-state index in [0.717, 1.165) is 12.8 Å². The Morgan fingerprint density at radius 1 is 1.62 bits per heavy atom. The van der Waals surface area contributed by atoms with Crippen LogP contribution in [0.3, 0.4) is 0 Å². The van der Waals surface area contributed by atoms with E-state index in [4.69, 9.17) is 5.26 Å². The molecule has 1 rings (SSSR count).